The van der Waals surface area contributed by atoms with Crippen molar-refractivity contribution in [3.05, 3.63) is 23.2 Å². The SMILES string of the molecule is CCOC(=O)CN1C(=O)C(C)Sc2ccc(Cl)cc21. The first kappa shape index (κ1) is 14.2. The van der Waals surface area contributed by atoms with E-state index < -0.39 is 5.97 Å². The zero-order valence-electron chi connectivity index (χ0n) is 10.7. The Morgan fingerprint density at radius 2 is 2.26 bits per heavy atom. The number of anilines is 1. The number of hydrogen-bond acceptors (Lipinski definition) is 4. The summed E-state index contributed by atoms with van der Waals surface area (Å²) in [5, 5.41) is 0.318. The molecule has 1 aromatic rings. The second-order valence-corrected chi connectivity index (χ2v) is 5.92. The Morgan fingerprint density at radius 1 is 1.53 bits per heavy atom. The smallest absolute Gasteiger partial charge is 0.326 e. The number of fused-ring (bicyclic) bond motifs is 1. The van der Waals surface area contributed by atoms with Gasteiger partial charge in [-0.2, -0.15) is 0 Å². The molecule has 6 heteroatoms. The van der Waals surface area contributed by atoms with Crippen LogP contribution in [0.15, 0.2) is 23.1 Å². The molecule has 102 valence electrons. The van der Waals surface area contributed by atoms with Gasteiger partial charge in [-0.1, -0.05) is 11.6 Å². The summed E-state index contributed by atoms with van der Waals surface area (Å²) in [5.41, 5.74) is 0.675. The molecule has 1 heterocycles. The predicted molar refractivity (Wildman–Crippen MR) is 75.8 cm³/mol. The number of carbonyl (C=O) groups is 2. The number of halogens is 1. The highest BCUT2D eigenvalue weighted by atomic mass is 35.5. The van der Waals surface area contributed by atoms with Crippen LogP contribution < -0.4 is 4.90 Å². The van der Waals surface area contributed by atoms with Crippen LogP contribution in [0.2, 0.25) is 5.02 Å². The van der Waals surface area contributed by atoms with Gasteiger partial charge in [-0.3, -0.25) is 14.5 Å². The molecular weight excluding hydrogens is 286 g/mol. The molecule has 2 rings (SSSR count). The van der Waals surface area contributed by atoms with Crippen molar-refractivity contribution in [3.8, 4) is 0 Å². The minimum Gasteiger partial charge on any atom is -0.465 e. The second kappa shape index (κ2) is 5.84. The third-order valence-corrected chi connectivity index (χ3v) is 4.11. The van der Waals surface area contributed by atoms with Crippen molar-refractivity contribution >= 4 is 40.9 Å². The fourth-order valence-corrected chi connectivity index (χ4v) is 3.09. The molecule has 0 bridgehead atoms. The number of benzene rings is 1. The summed E-state index contributed by atoms with van der Waals surface area (Å²) < 4.78 is 4.90. The minimum absolute atomic E-state index is 0.0785. The van der Waals surface area contributed by atoms with Gasteiger partial charge in [0.15, 0.2) is 0 Å². The van der Waals surface area contributed by atoms with Gasteiger partial charge in [-0.15, -0.1) is 11.8 Å². The van der Waals surface area contributed by atoms with Crippen LogP contribution in [0.1, 0.15) is 13.8 Å². The number of esters is 1. The quantitative estimate of drug-likeness (QED) is 0.805. The van der Waals surface area contributed by atoms with Gasteiger partial charge in [-0.25, -0.2) is 0 Å². The van der Waals surface area contributed by atoms with Gasteiger partial charge in [0.2, 0.25) is 5.91 Å². The van der Waals surface area contributed by atoms with Gasteiger partial charge >= 0.3 is 5.97 Å². The number of amides is 1. The number of rotatable bonds is 3. The van der Waals surface area contributed by atoms with Crippen molar-refractivity contribution < 1.29 is 14.3 Å². The van der Waals surface area contributed by atoms with Crippen LogP contribution in [0, 0.1) is 0 Å². The lowest BCUT2D eigenvalue weighted by molar-refractivity contribution is -0.142. The molecule has 4 nitrogen and oxygen atoms in total. The second-order valence-electron chi connectivity index (χ2n) is 4.10. The Labute approximate surface area is 121 Å². The van der Waals surface area contributed by atoms with E-state index in [1.807, 2.05) is 13.0 Å². The zero-order chi connectivity index (χ0) is 14.0. The van der Waals surface area contributed by atoms with Gasteiger partial charge in [0.25, 0.3) is 0 Å². The molecule has 0 saturated carbocycles. The number of nitrogens with zero attached hydrogens (tertiary/aromatic N) is 1. The molecule has 0 spiro atoms. The van der Waals surface area contributed by atoms with E-state index in [1.54, 1.807) is 19.1 Å². The molecule has 1 amide bonds. The lowest BCUT2D eigenvalue weighted by Gasteiger charge is -2.31. The maximum atomic E-state index is 12.2. The molecule has 0 aliphatic carbocycles. The number of thioether (sulfide) groups is 1. The van der Waals surface area contributed by atoms with Crippen LogP contribution in [-0.4, -0.2) is 30.3 Å². The van der Waals surface area contributed by atoms with Crippen LogP contribution in [-0.2, 0) is 14.3 Å². The Morgan fingerprint density at radius 3 is 2.95 bits per heavy atom. The fourth-order valence-electron chi connectivity index (χ4n) is 1.88. The number of carbonyl (C=O) groups excluding carboxylic acids is 2. The lowest BCUT2D eigenvalue weighted by Crippen LogP contribution is -2.43. The molecule has 1 aromatic carbocycles. The topological polar surface area (TPSA) is 46.6 Å². The molecule has 0 radical (unpaired) electrons. The van der Waals surface area contributed by atoms with Crippen molar-refractivity contribution in [2.45, 2.75) is 24.0 Å². The van der Waals surface area contributed by atoms with E-state index in [0.29, 0.717) is 17.3 Å². The van der Waals surface area contributed by atoms with E-state index in [-0.39, 0.29) is 17.7 Å². The van der Waals surface area contributed by atoms with Crippen molar-refractivity contribution in [1.82, 2.24) is 0 Å². The molecule has 1 aliphatic heterocycles. The maximum Gasteiger partial charge on any atom is 0.326 e. The van der Waals surface area contributed by atoms with Crippen molar-refractivity contribution in [2.24, 2.45) is 0 Å². The third kappa shape index (κ3) is 3.04. The summed E-state index contributed by atoms with van der Waals surface area (Å²) in [5.74, 6) is -0.520. The monoisotopic (exact) mass is 299 g/mol. The maximum absolute atomic E-state index is 12.2. The van der Waals surface area contributed by atoms with E-state index in [0.717, 1.165) is 4.90 Å². The Kier molecular flexibility index (Phi) is 4.37. The van der Waals surface area contributed by atoms with E-state index in [1.165, 1.54) is 16.7 Å². The van der Waals surface area contributed by atoms with Crippen LogP contribution in [0.5, 0.6) is 0 Å². The summed E-state index contributed by atoms with van der Waals surface area (Å²) in [7, 11) is 0. The zero-order valence-corrected chi connectivity index (χ0v) is 12.3. The van der Waals surface area contributed by atoms with E-state index in [9.17, 15) is 9.59 Å². The van der Waals surface area contributed by atoms with Crippen LogP contribution in [0.4, 0.5) is 5.69 Å². The van der Waals surface area contributed by atoms with Gasteiger partial charge in [0, 0.05) is 9.92 Å². The highest BCUT2D eigenvalue weighted by molar-refractivity contribution is 8.01. The molecule has 0 aromatic heterocycles. The molecule has 0 fully saturated rings. The highest BCUT2D eigenvalue weighted by Gasteiger charge is 2.32. The van der Waals surface area contributed by atoms with Gasteiger partial charge in [-0.05, 0) is 32.0 Å². The summed E-state index contributed by atoms with van der Waals surface area (Å²) in [6, 6.07) is 5.34. The number of ether oxygens (including phenoxy) is 1. The third-order valence-electron chi connectivity index (χ3n) is 2.72. The fraction of sp³-hybridized carbons (Fsp3) is 0.385. The largest absolute Gasteiger partial charge is 0.465 e. The molecule has 1 atom stereocenters. The van der Waals surface area contributed by atoms with E-state index >= 15 is 0 Å². The minimum atomic E-state index is -0.416. The first-order chi connectivity index (χ1) is 9.02. The van der Waals surface area contributed by atoms with Crippen LogP contribution >= 0.6 is 23.4 Å². The van der Waals surface area contributed by atoms with Gasteiger partial charge in [0.05, 0.1) is 17.5 Å². The molecule has 0 saturated heterocycles. The summed E-state index contributed by atoms with van der Waals surface area (Å²) in [4.78, 5) is 26.2. The Hall–Kier alpha value is -1.20. The van der Waals surface area contributed by atoms with E-state index in [4.69, 9.17) is 16.3 Å². The molecule has 1 unspecified atom stereocenters. The highest BCUT2D eigenvalue weighted by Crippen LogP contribution is 2.40. The van der Waals surface area contributed by atoms with Gasteiger partial charge in [0.1, 0.15) is 6.54 Å². The van der Waals surface area contributed by atoms with E-state index in [2.05, 4.69) is 0 Å². The molecule has 19 heavy (non-hydrogen) atoms. The standard InChI is InChI=1S/C13H14ClNO3S/c1-3-18-12(16)7-15-10-6-9(14)4-5-11(10)19-8(2)13(15)17/h4-6,8H,3,7H2,1-2H3. The Balaban J connectivity index is 2.33. The first-order valence-corrected chi connectivity index (χ1v) is 7.22. The first-order valence-electron chi connectivity index (χ1n) is 5.96. The number of hydrogen-bond donors (Lipinski definition) is 0. The molecule has 1 aliphatic rings. The van der Waals surface area contributed by atoms with Gasteiger partial charge < -0.3 is 4.74 Å². The van der Waals surface area contributed by atoms with Crippen LogP contribution in [0.25, 0.3) is 0 Å². The van der Waals surface area contributed by atoms with Crippen LogP contribution in [0.3, 0.4) is 0 Å². The summed E-state index contributed by atoms with van der Waals surface area (Å²) >= 11 is 7.43. The van der Waals surface area contributed by atoms with Crippen molar-refractivity contribution in [2.75, 3.05) is 18.1 Å². The lowest BCUT2D eigenvalue weighted by atomic mass is 10.2. The average Bonchev–Trinajstić information content (AvgIpc) is 2.36. The normalized spacial score (nSPS) is 18.2. The predicted octanol–water partition coefficient (Wildman–Crippen LogP) is 2.73. The summed E-state index contributed by atoms with van der Waals surface area (Å²) in [6.07, 6.45) is 0. The summed E-state index contributed by atoms with van der Waals surface area (Å²) in [6.45, 7) is 3.78. The van der Waals surface area contributed by atoms with Crippen molar-refractivity contribution in [3.63, 3.8) is 0 Å². The van der Waals surface area contributed by atoms with Crippen molar-refractivity contribution in [1.29, 1.82) is 0 Å². The molecular formula is C13H14ClNO3S. The molecule has 0 N–H and O–H groups in total. The average molecular weight is 300 g/mol. The Bertz CT molecular complexity index is 521.